The number of nitrogens with two attached hydrogens (primary N) is 1. The van der Waals surface area contributed by atoms with Gasteiger partial charge in [0.1, 0.15) is 11.7 Å². The molecule has 27 heavy (non-hydrogen) atoms. The number of hydrogen-bond donors (Lipinski definition) is 2. The Labute approximate surface area is 155 Å². The summed E-state index contributed by atoms with van der Waals surface area (Å²) in [7, 11) is 0. The number of carbonyl (C=O) groups excluding carboxylic acids is 2. The molecule has 0 saturated carbocycles. The number of hydrogen-bond acceptors (Lipinski definition) is 3. The SMILES string of the molecule is C=CC(=O)N1CCC[C@@H](C2(C)C(F)=C(F)C(C(N)=O)=C3NC(C)=C(F)C32)C1. The van der Waals surface area contributed by atoms with Crippen molar-refractivity contribution in [1.29, 1.82) is 0 Å². The standard InChI is InChI=1S/C19H22F3N3O2/c1-4-11(26)25-7-5-6-10(8-25)19(3)13-14(20)9(2)24-16(13)12(18(23)27)15(21)17(19)22/h4,10,13,24H,1,5-8H2,2-3H3,(H2,23,27)/t10-,13?,19?/m1/s1. The normalized spacial score (nSPS) is 31.1. The molecule has 2 amide bonds. The smallest absolute Gasteiger partial charge is 0.253 e. The Morgan fingerprint density at radius 2 is 2.04 bits per heavy atom. The van der Waals surface area contributed by atoms with Gasteiger partial charge in [-0.05, 0) is 31.8 Å². The third-order valence-corrected chi connectivity index (χ3v) is 5.98. The van der Waals surface area contributed by atoms with Gasteiger partial charge >= 0.3 is 0 Å². The maximum Gasteiger partial charge on any atom is 0.253 e. The van der Waals surface area contributed by atoms with E-state index < -0.39 is 46.2 Å². The zero-order chi connectivity index (χ0) is 20.1. The van der Waals surface area contributed by atoms with Crippen LogP contribution in [-0.4, -0.2) is 29.8 Å². The van der Waals surface area contributed by atoms with Crippen LogP contribution in [-0.2, 0) is 9.59 Å². The van der Waals surface area contributed by atoms with Gasteiger partial charge in [0.25, 0.3) is 5.91 Å². The molecule has 0 aromatic heterocycles. The predicted octanol–water partition coefficient (Wildman–Crippen LogP) is 2.74. The second kappa shape index (κ2) is 6.58. The van der Waals surface area contributed by atoms with Crippen LogP contribution < -0.4 is 11.1 Å². The van der Waals surface area contributed by atoms with Crippen molar-refractivity contribution in [3.05, 3.63) is 47.1 Å². The largest absolute Gasteiger partial charge is 0.365 e. The number of likely N-dealkylation sites (tertiary alicyclic amines) is 1. The van der Waals surface area contributed by atoms with Crippen LogP contribution in [0, 0.1) is 17.3 Å². The number of primary amides is 1. The first kappa shape index (κ1) is 19.3. The van der Waals surface area contributed by atoms with Crippen LogP contribution in [0.4, 0.5) is 13.2 Å². The van der Waals surface area contributed by atoms with Crippen LogP contribution in [0.15, 0.2) is 47.1 Å². The summed E-state index contributed by atoms with van der Waals surface area (Å²) in [6.45, 7) is 6.94. The van der Waals surface area contributed by atoms with Crippen molar-refractivity contribution in [2.75, 3.05) is 13.1 Å². The molecule has 3 N–H and O–H groups in total. The van der Waals surface area contributed by atoms with E-state index >= 15 is 4.39 Å². The van der Waals surface area contributed by atoms with Crippen LogP contribution in [0.3, 0.4) is 0 Å². The number of amides is 2. The molecule has 0 aromatic rings. The minimum atomic E-state index is -1.59. The molecule has 5 nitrogen and oxygen atoms in total. The Balaban J connectivity index is 2.12. The third kappa shape index (κ3) is 2.69. The van der Waals surface area contributed by atoms with E-state index in [4.69, 9.17) is 5.73 Å². The van der Waals surface area contributed by atoms with Crippen LogP contribution in [0.1, 0.15) is 26.7 Å². The average Bonchev–Trinajstić information content (AvgIpc) is 2.93. The number of allylic oxidation sites excluding steroid dienone is 3. The molecule has 3 aliphatic rings. The summed E-state index contributed by atoms with van der Waals surface area (Å²) < 4.78 is 45.1. The topological polar surface area (TPSA) is 75.4 Å². The first-order valence-electron chi connectivity index (χ1n) is 8.79. The van der Waals surface area contributed by atoms with Gasteiger partial charge in [0, 0.05) is 29.9 Å². The molecule has 0 aromatic carbocycles. The van der Waals surface area contributed by atoms with Gasteiger partial charge in [0.15, 0.2) is 5.83 Å². The molecule has 0 spiro atoms. The van der Waals surface area contributed by atoms with Gasteiger partial charge < -0.3 is 16.0 Å². The summed E-state index contributed by atoms with van der Waals surface area (Å²) in [4.78, 5) is 25.2. The minimum Gasteiger partial charge on any atom is -0.365 e. The van der Waals surface area contributed by atoms with Crippen molar-refractivity contribution < 1.29 is 22.8 Å². The highest BCUT2D eigenvalue weighted by atomic mass is 19.2. The molecule has 2 heterocycles. The van der Waals surface area contributed by atoms with E-state index in [-0.39, 0.29) is 23.8 Å². The van der Waals surface area contributed by atoms with Crippen LogP contribution >= 0.6 is 0 Å². The van der Waals surface area contributed by atoms with Gasteiger partial charge in [0.05, 0.1) is 11.5 Å². The van der Waals surface area contributed by atoms with Crippen molar-refractivity contribution in [1.82, 2.24) is 10.2 Å². The van der Waals surface area contributed by atoms with Crippen LogP contribution in [0.25, 0.3) is 0 Å². The summed E-state index contributed by atoms with van der Waals surface area (Å²) >= 11 is 0. The van der Waals surface area contributed by atoms with Gasteiger partial charge in [-0.2, -0.15) is 0 Å². The maximum absolute atomic E-state index is 15.3. The Hall–Kier alpha value is -2.51. The fourth-order valence-electron chi connectivity index (χ4n) is 4.49. The monoisotopic (exact) mass is 381 g/mol. The molecule has 8 heteroatoms. The lowest BCUT2D eigenvalue weighted by atomic mass is 9.60. The highest BCUT2D eigenvalue weighted by Gasteiger charge is 2.57. The Morgan fingerprint density at radius 1 is 1.37 bits per heavy atom. The van der Waals surface area contributed by atoms with E-state index in [0.717, 1.165) is 6.08 Å². The number of rotatable bonds is 3. The van der Waals surface area contributed by atoms with Gasteiger partial charge in [0.2, 0.25) is 5.91 Å². The first-order valence-corrected chi connectivity index (χ1v) is 8.79. The zero-order valence-corrected chi connectivity index (χ0v) is 15.2. The highest BCUT2D eigenvalue weighted by Crippen LogP contribution is 2.58. The molecule has 0 radical (unpaired) electrons. The van der Waals surface area contributed by atoms with E-state index in [9.17, 15) is 18.4 Å². The molecule has 1 saturated heterocycles. The molecule has 1 aliphatic carbocycles. The van der Waals surface area contributed by atoms with Crippen molar-refractivity contribution in [2.45, 2.75) is 26.7 Å². The van der Waals surface area contributed by atoms with Crippen LogP contribution in [0.5, 0.6) is 0 Å². The molecule has 0 bridgehead atoms. The van der Waals surface area contributed by atoms with E-state index in [2.05, 4.69) is 11.9 Å². The summed E-state index contributed by atoms with van der Waals surface area (Å²) in [5, 5.41) is 2.67. The average molecular weight is 381 g/mol. The molecule has 1 fully saturated rings. The summed E-state index contributed by atoms with van der Waals surface area (Å²) in [5.74, 6) is -6.42. The van der Waals surface area contributed by atoms with Crippen molar-refractivity contribution >= 4 is 11.8 Å². The predicted molar refractivity (Wildman–Crippen MR) is 93.5 cm³/mol. The quantitative estimate of drug-likeness (QED) is 0.738. The van der Waals surface area contributed by atoms with Crippen molar-refractivity contribution in [3.63, 3.8) is 0 Å². The Kier molecular flexibility index (Phi) is 4.69. The Bertz CT molecular complexity index is 830. The molecular formula is C19H22F3N3O2. The fraction of sp³-hybridized carbons (Fsp3) is 0.474. The number of halogens is 3. The lowest BCUT2D eigenvalue weighted by Gasteiger charge is -2.47. The maximum atomic E-state index is 15.3. The van der Waals surface area contributed by atoms with Gasteiger partial charge in [-0.3, -0.25) is 9.59 Å². The van der Waals surface area contributed by atoms with E-state index in [1.807, 2.05) is 0 Å². The number of fused-ring (bicyclic) bond motifs is 1. The van der Waals surface area contributed by atoms with E-state index in [1.54, 1.807) is 0 Å². The zero-order valence-electron chi connectivity index (χ0n) is 15.2. The minimum absolute atomic E-state index is 0.0499. The summed E-state index contributed by atoms with van der Waals surface area (Å²) in [6.07, 6.45) is 2.22. The molecular weight excluding hydrogens is 359 g/mol. The number of nitrogens with zero attached hydrogens (tertiary/aromatic N) is 1. The number of carbonyl (C=O) groups is 2. The second-order valence-electron chi connectivity index (χ2n) is 7.42. The lowest BCUT2D eigenvalue weighted by Crippen LogP contribution is -2.49. The molecule has 146 valence electrons. The summed E-state index contributed by atoms with van der Waals surface area (Å²) in [6, 6.07) is 0. The molecule has 2 aliphatic heterocycles. The van der Waals surface area contributed by atoms with Crippen molar-refractivity contribution in [3.8, 4) is 0 Å². The van der Waals surface area contributed by atoms with Crippen LogP contribution in [0.2, 0.25) is 0 Å². The van der Waals surface area contributed by atoms with Gasteiger partial charge in [-0.1, -0.05) is 13.5 Å². The fourth-order valence-corrected chi connectivity index (χ4v) is 4.49. The molecule has 2 unspecified atom stereocenters. The van der Waals surface area contributed by atoms with Gasteiger partial charge in [-0.25, -0.2) is 13.2 Å². The van der Waals surface area contributed by atoms with Gasteiger partial charge in [-0.15, -0.1) is 0 Å². The third-order valence-electron chi connectivity index (χ3n) is 5.98. The highest BCUT2D eigenvalue weighted by molar-refractivity contribution is 5.97. The summed E-state index contributed by atoms with van der Waals surface area (Å²) in [5.41, 5.74) is 3.03. The van der Waals surface area contributed by atoms with E-state index in [0.29, 0.717) is 19.4 Å². The first-order chi connectivity index (χ1) is 12.6. The second-order valence-corrected chi connectivity index (χ2v) is 7.42. The number of nitrogens with one attached hydrogen (secondary N) is 1. The Morgan fingerprint density at radius 3 is 2.63 bits per heavy atom. The van der Waals surface area contributed by atoms with E-state index in [1.165, 1.54) is 18.7 Å². The molecule has 3 atom stereocenters. The molecule has 3 rings (SSSR count). The van der Waals surface area contributed by atoms with Crippen molar-refractivity contribution in [2.24, 2.45) is 23.0 Å². The lowest BCUT2D eigenvalue weighted by molar-refractivity contribution is -0.129. The number of piperidine rings is 1.